The molecule has 0 aromatic heterocycles. The lowest BCUT2D eigenvalue weighted by atomic mass is 10.0. The minimum absolute atomic E-state index is 0.322. The minimum atomic E-state index is -2.11. The summed E-state index contributed by atoms with van der Waals surface area (Å²) in [5, 5.41) is 18.6. The van der Waals surface area contributed by atoms with Crippen LogP contribution >= 0.6 is 0 Å². The highest BCUT2D eigenvalue weighted by Crippen LogP contribution is 2.29. The van der Waals surface area contributed by atoms with Gasteiger partial charge in [-0.3, -0.25) is 4.79 Å². The molecule has 0 spiro atoms. The molecule has 1 aromatic rings. The maximum atomic E-state index is 13.6. The molecule has 0 aliphatic carbocycles. The van der Waals surface area contributed by atoms with Crippen LogP contribution in [0, 0.1) is 11.6 Å². The molecule has 0 radical (unpaired) electrons. The molecule has 1 aromatic carbocycles. The highest BCUT2D eigenvalue weighted by molar-refractivity contribution is 5.79. The summed E-state index contributed by atoms with van der Waals surface area (Å²) in [4.78, 5) is 10.6. The number of rotatable bonds is 4. The van der Waals surface area contributed by atoms with E-state index in [1.54, 1.807) is 0 Å². The van der Waals surface area contributed by atoms with E-state index >= 15 is 0 Å². The van der Waals surface area contributed by atoms with Crippen molar-refractivity contribution in [3.63, 3.8) is 0 Å². The number of hydrogen-bond acceptors (Lipinski definition) is 4. The fourth-order valence-electron chi connectivity index (χ4n) is 1.29. The van der Waals surface area contributed by atoms with Crippen LogP contribution < -0.4 is 10.5 Å². The summed E-state index contributed by atoms with van der Waals surface area (Å²) in [6.45, 7) is 0. The van der Waals surface area contributed by atoms with E-state index in [-0.39, 0.29) is 5.75 Å². The maximum absolute atomic E-state index is 13.6. The van der Waals surface area contributed by atoms with Crippen molar-refractivity contribution < 1.29 is 28.5 Å². The molecule has 7 heteroatoms. The first kappa shape index (κ1) is 13.3. The quantitative estimate of drug-likeness (QED) is 0.690. The van der Waals surface area contributed by atoms with Gasteiger partial charge in [0.1, 0.15) is 11.9 Å². The lowest BCUT2D eigenvalue weighted by Gasteiger charge is -2.17. The van der Waals surface area contributed by atoms with Gasteiger partial charge in [0.2, 0.25) is 5.91 Å². The third-order valence-corrected chi connectivity index (χ3v) is 2.20. The van der Waals surface area contributed by atoms with Crippen LogP contribution in [0.3, 0.4) is 0 Å². The molecular weight excluding hydrogens is 236 g/mol. The highest BCUT2D eigenvalue weighted by atomic mass is 19.1. The summed E-state index contributed by atoms with van der Waals surface area (Å²) in [6, 6.07) is 1.85. The highest BCUT2D eigenvalue weighted by Gasteiger charge is 2.30. The zero-order valence-corrected chi connectivity index (χ0v) is 8.85. The second-order valence-electron chi connectivity index (χ2n) is 3.27. The number of carbonyl (C=O) groups is 1. The molecule has 1 rings (SSSR count). The number of halogens is 2. The SMILES string of the molecule is COc1ccc(F)c(C(O)C(O)C(N)=O)c1F. The van der Waals surface area contributed by atoms with Gasteiger partial charge < -0.3 is 20.7 Å². The van der Waals surface area contributed by atoms with E-state index in [0.717, 1.165) is 19.2 Å². The Labute approximate surface area is 95.4 Å². The van der Waals surface area contributed by atoms with Crippen LogP contribution in [0.4, 0.5) is 8.78 Å². The monoisotopic (exact) mass is 247 g/mol. The van der Waals surface area contributed by atoms with Crippen molar-refractivity contribution in [1.82, 2.24) is 0 Å². The van der Waals surface area contributed by atoms with Gasteiger partial charge in [0.25, 0.3) is 0 Å². The van der Waals surface area contributed by atoms with E-state index in [4.69, 9.17) is 10.8 Å². The normalized spacial score (nSPS) is 14.2. The Bertz CT molecular complexity index is 439. The first-order chi connectivity index (χ1) is 7.90. The van der Waals surface area contributed by atoms with Crippen molar-refractivity contribution in [2.45, 2.75) is 12.2 Å². The molecule has 1 amide bonds. The predicted molar refractivity (Wildman–Crippen MR) is 53.1 cm³/mol. The Kier molecular flexibility index (Phi) is 3.97. The van der Waals surface area contributed by atoms with E-state index in [0.29, 0.717) is 0 Å². The Hall–Kier alpha value is -1.73. The van der Waals surface area contributed by atoms with E-state index < -0.39 is 35.3 Å². The van der Waals surface area contributed by atoms with Gasteiger partial charge >= 0.3 is 0 Å². The number of ether oxygens (including phenoxy) is 1. The second-order valence-corrected chi connectivity index (χ2v) is 3.27. The molecule has 5 nitrogen and oxygen atoms in total. The van der Waals surface area contributed by atoms with Crippen molar-refractivity contribution in [2.24, 2.45) is 5.73 Å². The molecule has 0 aliphatic heterocycles. The van der Waals surface area contributed by atoms with Crippen molar-refractivity contribution in [2.75, 3.05) is 7.11 Å². The Morgan fingerprint density at radius 3 is 2.47 bits per heavy atom. The number of aliphatic hydroxyl groups excluding tert-OH is 2. The zero-order valence-electron chi connectivity index (χ0n) is 8.85. The van der Waals surface area contributed by atoms with Crippen molar-refractivity contribution >= 4 is 5.91 Å². The molecule has 0 bridgehead atoms. The van der Waals surface area contributed by atoms with Gasteiger partial charge in [-0.05, 0) is 12.1 Å². The van der Waals surface area contributed by atoms with Gasteiger partial charge in [0, 0.05) is 0 Å². The molecule has 0 saturated heterocycles. The molecule has 17 heavy (non-hydrogen) atoms. The molecule has 94 valence electrons. The summed E-state index contributed by atoms with van der Waals surface area (Å²) in [6.07, 6.45) is -4.20. The average Bonchev–Trinajstić information content (AvgIpc) is 2.28. The summed E-state index contributed by atoms with van der Waals surface area (Å²) < 4.78 is 31.5. The summed E-state index contributed by atoms with van der Waals surface area (Å²) in [5.41, 5.74) is 3.85. The van der Waals surface area contributed by atoms with Crippen LogP contribution in [-0.4, -0.2) is 29.3 Å². The van der Waals surface area contributed by atoms with Gasteiger partial charge in [0.15, 0.2) is 17.7 Å². The van der Waals surface area contributed by atoms with E-state index in [1.165, 1.54) is 0 Å². The molecular formula is C10H11F2NO4. The molecule has 0 heterocycles. The fraction of sp³-hybridized carbons (Fsp3) is 0.300. The van der Waals surface area contributed by atoms with Gasteiger partial charge in [-0.2, -0.15) is 0 Å². The second kappa shape index (κ2) is 5.07. The topological polar surface area (TPSA) is 92.8 Å². The van der Waals surface area contributed by atoms with Crippen LogP contribution in [0.15, 0.2) is 12.1 Å². The molecule has 2 atom stereocenters. The number of nitrogens with two attached hydrogens (primary N) is 1. The fourth-order valence-corrected chi connectivity index (χ4v) is 1.29. The minimum Gasteiger partial charge on any atom is -0.494 e. The van der Waals surface area contributed by atoms with Crippen LogP contribution in [-0.2, 0) is 4.79 Å². The Morgan fingerprint density at radius 2 is 2.00 bits per heavy atom. The van der Waals surface area contributed by atoms with Crippen molar-refractivity contribution in [3.05, 3.63) is 29.3 Å². The summed E-state index contributed by atoms with van der Waals surface area (Å²) >= 11 is 0. The third kappa shape index (κ3) is 2.51. The summed E-state index contributed by atoms with van der Waals surface area (Å²) in [5.74, 6) is -3.92. The van der Waals surface area contributed by atoms with E-state index in [1.807, 2.05) is 0 Å². The first-order valence-electron chi connectivity index (χ1n) is 4.57. The van der Waals surface area contributed by atoms with Crippen molar-refractivity contribution in [3.8, 4) is 5.75 Å². The van der Waals surface area contributed by atoms with Crippen LogP contribution in [0.25, 0.3) is 0 Å². The number of aliphatic hydroxyl groups is 2. The van der Waals surface area contributed by atoms with Crippen molar-refractivity contribution in [1.29, 1.82) is 0 Å². The molecule has 2 unspecified atom stereocenters. The number of primary amides is 1. The zero-order chi connectivity index (χ0) is 13.2. The number of benzene rings is 1. The lowest BCUT2D eigenvalue weighted by Crippen LogP contribution is -2.34. The first-order valence-corrected chi connectivity index (χ1v) is 4.57. The Morgan fingerprint density at radius 1 is 1.41 bits per heavy atom. The third-order valence-electron chi connectivity index (χ3n) is 2.20. The average molecular weight is 247 g/mol. The standard InChI is InChI=1S/C10H11F2NO4/c1-17-5-3-2-4(11)6(7(5)12)8(14)9(15)10(13)16/h2-3,8-9,14-15H,1H3,(H2,13,16). The number of hydrogen-bond donors (Lipinski definition) is 3. The van der Waals surface area contributed by atoms with Gasteiger partial charge in [-0.25, -0.2) is 8.78 Å². The maximum Gasteiger partial charge on any atom is 0.249 e. The van der Waals surface area contributed by atoms with Crippen LogP contribution in [0.2, 0.25) is 0 Å². The van der Waals surface area contributed by atoms with Gasteiger partial charge in [0.05, 0.1) is 12.7 Å². The number of carbonyl (C=O) groups excluding carboxylic acids is 1. The van der Waals surface area contributed by atoms with E-state index in [2.05, 4.69) is 4.74 Å². The molecule has 0 fully saturated rings. The van der Waals surface area contributed by atoms with Crippen LogP contribution in [0.5, 0.6) is 5.75 Å². The number of amides is 1. The smallest absolute Gasteiger partial charge is 0.249 e. The molecule has 0 saturated carbocycles. The lowest BCUT2D eigenvalue weighted by molar-refractivity contribution is -0.132. The van der Waals surface area contributed by atoms with E-state index in [9.17, 15) is 18.7 Å². The largest absolute Gasteiger partial charge is 0.494 e. The van der Waals surface area contributed by atoms with Gasteiger partial charge in [-0.15, -0.1) is 0 Å². The molecule has 0 aliphatic rings. The summed E-state index contributed by atoms with van der Waals surface area (Å²) in [7, 11) is 1.15. The Balaban J connectivity index is 3.25. The number of methoxy groups -OCH3 is 1. The van der Waals surface area contributed by atoms with Gasteiger partial charge in [-0.1, -0.05) is 0 Å². The van der Waals surface area contributed by atoms with Crippen LogP contribution in [0.1, 0.15) is 11.7 Å². The predicted octanol–water partition coefficient (Wildman–Crippen LogP) is -0.147. The molecule has 4 N–H and O–H groups in total.